The average Bonchev–Trinajstić information content (AvgIpc) is 2.68. The molecule has 0 aliphatic carbocycles. The summed E-state index contributed by atoms with van der Waals surface area (Å²) >= 11 is 0. The van der Waals surface area contributed by atoms with Crippen molar-refractivity contribution in [3.63, 3.8) is 0 Å². The van der Waals surface area contributed by atoms with Crippen LogP contribution in [-0.4, -0.2) is 42.2 Å². The summed E-state index contributed by atoms with van der Waals surface area (Å²) in [6.07, 6.45) is -2.37. The zero-order chi connectivity index (χ0) is 21.3. The lowest BCUT2D eigenvalue weighted by atomic mass is 9.98. The van der Waals surface area contributed by atoms with Crippen LogP contribution in [0.15, 0.2) is 48.0 Å². The zero-order valence-electron chi connectivity index (χ0n) is 15.9. The van der Waals surface area contributed by atoms with Gasteiger partial charge in [-0.1, -0.05) is 24.0 Å². The Labute approximate surface area is 171 Å². The number of carboxylic acid groups (broad SMARTS) is 1. The van der Waals surface area contributed by atoms with E-state index in [1.807, 2.05) is 12.1 Å². The molecule has 7 heteroatoms. The summed E-state index contributed by atoms with van der Waals surface area (Å²) < 4.78 is 44.2. The first-order valence-electron chi connectivity index (χ1n) is 9.39. The van der Waals surface area contributed by atoms with Gasteiger partial charge in [0.05, 0.1) is 11.5 Å². The van der Waals surface area contributed by atoms with Crippen molar-refractivity contribution in [1.29, 1.82) is 0 Å². The van der Waals surface area contributed by atoms with Crippen LogP contribution < -0.4 is 4.74 Å². The Kier molecular flexibility index (Phi) is 5.27. The maximum absolute atomic E-state index is 12.8. The summed E-state index contributed by atoms with van der Waals surface area (Å²) in [5.74, 6) is 5.27. The first kappa shape index (κ1) is 20.0. The van der Waals surface area contributed by atoms with Gasteiger partial charge in [0.2, 0.25) is 0 Å². The van der Waals surface area contributed by atoms with Gasteiger partial charge in [-0.25, -0.2) is 0 Å². The highest BCUT2D eigenvalue weighted by atomic mass is 19.4. The molecule has 0 amide bonds. The molecular formula is C23H18F3NO3. The molecule has 1 saturated heterocycles. The van der Waals surface area contributed by atoms with E-state index in [-0.39, 0.29) is 5.92 Å². The van der Waals surface area contributed by atoms with Crippen molar-refractivity contribution < 1.29 is 27.8 Å². The minimum Gasteiger partial charge on any atom is -0.489 e. The number of rotatable bonds is 3. The molecule has 0 radical (unpaired) electrons. The van der Waals surface area contributed by atoms with Gasteiger partial charge in [0.15, 0.2) is 0 Å². The van der Waals surface area contributed by atoms with Gasteiger partial charge in [-0.2, -0.15) is 13.2 Å². The molecule has 0 atom stereocenters. The highest BCUT2D eigenvalue weighted by molar-refractivity contribution is 5.71. The van der Waals surface area contributed by atoms with Crippen molar-refractivity contribution in [2.24, 2.45) is 5.92 Å². The van der Waals surface area contributed by atoms with Gasteiger partial charge in [-0.3, -0.25) is 9.69 Å². The van der Waals surface area contributed by atoms with E-state index in [9.17, 15) is 18.0 Å². The van der Waals surface area contributed by atoms with Crippen LogP contribution in [-0.2, 0) is 11.0 Å². The number of likely N-dealkylation sites (tertiary alicyclic amines) is 1. The molecule has 0 spiro atoms. The van der Waals surface area contributed by atoms with Crippen molar-refractivity contribution in [2.45, 2.75) is 6.18 Å². The quantitative estimate of drug-likeness (QED) is 0.776. The molecule has 0 aromatic heterocycles. The van der Waals surface area contributed by atoms with Crippen molar-refractivity contribution in [3.8, 4) is 17.6 Å². The van der Waals surface area contributed by atoms with Crippen LogP contribution in [0.4, 0.5) is 13.2 Å². The third kappa shape index (κ3) is 4.50. The lowest BCUT2D eigenvalue weighted by Crippen LogP contribution is -2.51. The van der Waals surface area contributed by atoms with Crippen molar-refractivity contribution in [1.82, 2.24) is 4.90 Å². The number of carbonyl (C=O) groups is 1. The Balaban J connectivity index is 1.45. The number of aliphatic carboxylic acids is 1. The van der Waals surface area contributed by atoms with Crippen LogP contribution in [0.1, 0.15) is 22.3 Å². The highest BCUT2D eigenvalue weighted by Crippen LogP contribution is 2.30. The van der Waals surface area contributed by atoms with Gasteiger partial charge in [-0.05, 0) is 42.0 Å². The molecule has 2 aliphatic rings. The minimum atomic E-state index is -4.40. The van der Waals surface area contributed by atoms with Gasteiger partial charge < -0.3 is 9.84 Å². The Morgan fingerprint density at radius 1 is 1.13 bits per heavy atom. The Hall–Kier alpha value is -3.24. The predicted molar refractivity (Wildman–Crippen MR) is 105 cm³/mol. The second-order valence-electron chi connectivity index (χ2n) is 7.40. The molecule has 2 aromatic rings. The number of carboxylic acids is 1. The van der Waals surface area contributed by atoms with Crippen molar-refractivity contribution in [3.05, 3.63) is 70.3 Å². The zero-order valence-corrected chi connectivity index (χ0v) is 15.9. The van der Waals surface area contributed by atoms with E-state index in [2.05, 4.69) is 16.7 Å². The summed E-state index contributed by atoms with van der Waals surface area (Å²) in [6, 6.07) is 10.4. The van der Waals surface area contributed by atoms with Gasteiger partial charge in [-0.15, -0.1) is 0 Å². The molecule has 1 N–H and O–H groups in total. The Morgan fingerprint density at radius 2 is 1.87 bits per heavy atom. The molecule has 30 heavy (non-hydrogen) atoms. The first-order chi connectivity index (χ1) is 14.3. The monoisotopic (exact) mass is 413 g/mol. The van der Waals surface area contributed by atoms with Crippen molar-refractivity contribution >= 4 is 12.0 Å². The van der Waals surface area contributed by atoms with Crippen molar-refractivity contribution in [2.75, 3.05) is 26.2 Å². The van der Waals surface area contributed by atoms with E-state index in [1.54, 1.807) is 12.1 Å². The minimum absolute atomic E-state index is 0.291. The van der Waals surface area contributed by atoms with Crippen LogP contribution in [0.3, 0.4) is 0 Å². The number of benzene rings is 2. The molecule has 154 valence electrons. The van der Waals surface area contributed by atoms with Crippen LogP contribution in [0.25, 0.3) is 6.08 Å². The maximum Gasteiger partial charge on any atom is 0.416 e. The second kappa shape index (κ2) is 7.88. The fourth-order valence-corrected chi connectivity index (χ4v) is 3.44. The topological polar surface area (TPSA) is 49.8 Å². The number of alkyl halides is 3. The number of hydrogen-bond donors (Lipinski definition) is 1. The third-order valence-corrected chi connectivity index (χ3v) is 5.06. The second-order valence-corrected chi connectivity index (χ2v) is 7.40. The van der Waals surface area contributed by atoms with Crippen LogP contribution >= 0.6 is 0 Å². The number of ether oxygens (including phenoxy) is 1. The fourth-order valence-electron chi connectivity index (χ4n) is 3.44. The van der Waals surface area contributed by atoms with E-state index < -0.39 is 17.7 Å². The van der Waals surface area contributed by atoms with Crippen LogP contribution in [0, 0.1) is 17.8 Å². The average molecular weight is 413 g/mol. The van der Waals surface area contributed by atoms with Gasteiger partial charge in [0.1, 0.15) is 12.4 Å². The number of fused-ring (bicyclic) bond motifs is 1. The molecule has 4 rings (SSSR count). The smallest absolute Gasteiger partial charge is 0.416 e. The van der Waals surface area contributed by atoms with E-state index in [0.29, 0.717) is 43.1 Å². The normalized spacial score (nSPS) is 16.4. The van der Waals surface area contributed by atoms with Gasteiger partial charge >= 0.3 is 12.1 Å². The standard InChI is InChI=1S/C23H18F3NO3/c24-23(25,26)20-3-1-2-15(9-20)4-5-16-6-7-18-8-17(14-30-21(18)10-16)11-27-12-19(13-27)22(28)29/h1-3,6-10,19H,11-14H2,(H,28,29). The molecular weight excluding hydrogens is 395 g/mol. The first-order valence-corrected chi connectivity index (χ1v) is 9.39. The predicted octanol–water partition coefficient (Wildman–Crippen LogP) is 3.90. The largest absolute Gasteiger partial charge is 0.489 e. The summed E-state index contributed by atoms with van der Waals surface area (Å²) in [4.78, 5) is 13.0. The number of halogens is 3. The molecule has 0 bridgehead atoms. The third-order valence-electron chi connectivity index (χ3n) is 5.06. The fraction of sp³-hybridized carbons (Fsp3) is 0.261. The molecule has 2 aromatic carbocycles. The van der Waals surface area contributed by atoms with E-state index in [1.165, 1.54) is 12.1 Å². The summed E-state index contributed by atoms with van der Waals surface area (Å²) in [5.41, 5.74) is 2.18. The summed E-state index contributed by atoms with van der Waals surface area (Å²) in [7, 11) is 0. The molecule has 2 aliphatic heterocycles. The van der Waals surface area contributed by atoms with Gasteiger partial charge in [0, 0.05) is 36.3 Å². The molecule has 2 heterocycles. The lowest BCUT2D eigenvalue weighted by Gasteiger charge is -2.37. The Morgan fingerprint density at radius 3 is 2.57 bits per heavy atom. The molecule has 4 nitrogen and oxygen atoms in total. The van der Waals surface area contributed by atoms with E-state index >= 15 is 0 Å². The summed E-state index contributed by atoms with van der Waals surface area (Å²) in [5, 5.41) is 8.95. The summed E-state index contributed by atoms with van der Waals surface area (Å²) in [6.45, 7) is 2.17. The van der Waals surface area contributed by atoms with E-state index in [4.69, 9.17) is 9.84 Å². The number of hydrogen-bond acceptors (Lipinski definition) is 3. The highest BCUT2D eigenvalue weighted by Gasteiger charge is 2.33. The lowest BCUT2D eigenvalue weighted by molar-refractivity contribution is -0.147. The van der Waals surface area contributed by atoms with Gasteiger partial charge in [0.25, 0.3) is 0 Å². The maximum atomic E-state index is 12.8. The Bertz CT molecular complexity index is 1070. The number of nitrogens with zero attached hydrogens (tertiary/aromatic N) is 1. The molecule has 0 unspecified atom stereocenters. The molecule has 1 fully saturated rings. The SMILES string of the molecule is O=C(O)C1CN(CC2=Cc3ccc(C#Cc4cccc(C(F)(F)F)c4)cc3OC2)C1. The molecule has 0 saturated carbocycles. The van der Waals surface area contributed by atoms with Crippen LogP contribution in [0.5, 0.6) is 5.75 Å². The van der Waals surface area contributed by atoms with Crippen LogP contribution in [0.2, 0.25) is 0 Å². The van der Waals surface area contributed by atoms with E-state index in [0.717, 1.165) is 23.3 Å².